The third kappa shape index (κ3) is 3.25. The summed E-state index contributed by atoms with van der Waals surface area (Å²) >= 11 is 6.04. The highest BCUT2D eigenvalue weighted by molar-refractivity contribution is 6.30. The maximum Gasteiger partial charge on any atom is 0.228 e. The smallest absolute Gasteiger partial charge is 0.228 e. The first-order valence-electron chi connectivity index (χ1n) is 7.40. The van der Waals surface area contributed by atoms with E-state index >= 15 is 0 Å². The number of carbonyl (C=O) groups excluding carboxylic acids is 2. The summed E-state index contributed by atoms with van der Waals surface area (Å²) in [7, 11) is 1.71. The van der Waals surface area contributed by atoms with Crippen molar-refractivity contribution in [3.8, 4) is 0 Å². The minimum absolute atomic E-state index is 0.0524. The van der Waals surface area contributed by atoms with Gasteiger partial charge in [0.15, 0.2) is 0 Å². The van der Waals surface area contributed by atoms with Gasteiger partial charge in [-0.25, -0.2) is 0 Å². The van der Waals surface area contributed by atoms with Crippen molar-refractivity contribution in [3.63, 3.8) is 0 Å². The van der Waals surface area contributed by atoms with Crippen molar-refractivity contribution >= 4 is 23.4 Å². The predicted octanol–water partition coefficient (Wildman–Crippen LogP) is 1.70. The van der Waals surface area contributed by atoms with Crippen LogP contribution in [0.15, 0.2) is 24.3 Å². The van der Waals surface area contributed by atoms with Crippen LogP contribution in [0, 0.1) is 5.92 Å². The molecule has 5 nitrogen and oxygen atoms in total. The average Bonchev–Trinajstić information content (AvgIpc) is 2.80. The second kappa shape index (κ2) is 7.11. The molecule has 2 amide bonds. The second-order valence-corrected chi connectivity index (χ2v) is 5.89. The average molecular weight is 325 g/mol. The molecule has 22 heavy (non-hydrogen) atoms. The predicted molar refractivity (Wildman–Crippen MR) is 84.4 cm³/mol. The highest BCUT2D eigenvalue weighted by Crippen LogP contribution is 2.38. The minimum Gasteiger partial charge on any atom is -0.395 e. The Hall–Kier alpha value is -1.59. The number of aliphatic hydroxyl groups is 1. The molecule has 2 rings (SSSR count). The van der Waals surface area contributed by atoms with Crippen LogP contribution in [0.4, 0.5) is 0 Å². The van der Waals surface area contributed by atoms with Gasteiger partial charge in [0, 0.05) is 31.6 Å². The van der Waals surface area contributed by atoms with Crippen molar-refractivity contribution in [1.82, 2.24) is 9.80 Å². The molecule has 0 bridgehead atoms. The summed E-state index contributed by atoms with van der Waals surface area (Å²) in [6, 6.07) is 6.95. The summed E-state index contributed by atoms with van der Waals surface area (Å²) in [5.74, 6) is -0.593. The SMILES string of the molecule is CCN(CCO)C(=O)C1CC(=O)N(C)C1c1cccc(Cl)c1. The van der Waals surface area contributed by atoms with Gasteiger partial charge < -0.3 is 14.9 Å². The Bertz CT molecular complexity index is 564. The van der Waals surface area contributed by atoms with Gasteiger partial charge in [-0.05, 0) is 24.6 Å². The molecule has 0 radical (unpaired) electrons. The lowest BCUT2D eigenvalue weighted by atomic mass is 9.92. The molecule has 1 N–H and O–H groups in total. The van der Waals surface area contributed by atoms with Crippen LogP contribution in [0.2, 0.25) is 5.02 Å². The van der Waals surface area contributed by atoms with Crippen molar-refractivity contribution in [3.05, 3.63) is 34.9 Å². The van der Waals surface area contributed by atoms with Crippen LogP contribution in [-0.2, 0) is 9.59 Å². The van der Waals surface area contributed by atoms with E-state index in [4.69, 9.17) is 16.7 Å². The number of rotatable bonds is 5. The molecule has 2 unspecified atom stereocenters. The third-order valence-corrected chi connectivity index (χ3v) is 4.39. The molecule has 1 heterocycles. The van der Waals surface area contributed by atoms with E-state index < -0.39 is 5.92 Å². The van der Waals surface area contributed by atoms with Crippen molar-refractivity contribution < 1.29 is 14.7 Å². The molecule has 1 aliphatic rings. The summed E-state index contributed by atoms with van der Waals surface area (Å²) in [4.78, 5) is 28.0. The fraction of sp³-hybridized carbons (Fsp3) is 0.500. The van der Waals surface area contributed by atoms with E-state index in [-0.39, 0.29) is 37.4 Å². The number of likely N-dealkylation sites (N-methyl/N-ethyl adjacent to an activating group) is 1. The quantitative estimate of drug-likeness (QED) is 0.896. The van der Waals surface area contributed by atoms with Crippen LogP contribution >= 0.6 is 11.6 Å². The van der Waals surface area contributed by atoms with Crippen LogP contribution in [0.3, 0.4) is 0 Å². The second-order valence-electron chi connectivity index (χ2n) is 5.46. The van der Waals surface area contributed by atoms with Gasteiger partial charge in [0.1, 0.15) is 0 Å². The number of halogens is 1. The number of hydrogen-bond donors (Lipinski definition) is 1. The fourth-order valence-electron chi connectivity index (χ4n) is 3.02. The lowest BCUT2D eigenvalue weighted by Crippen LogP contribution is -2.40. The van der Waals surface area contributed by atoms with E-state index in [9.17, 15) is 9.59 Å². The molecule has 0 aliphatic carbocycles. The molecule has 1 aromatic rings. The highest BCUT2D eigenvalue weighted by Gasteiger charge is 2.43. The Kier molecular flexibility index (Phi) is 5.42. The van der Waals surface area contributed by atoms with Gasteiger partial charge in [-0.3, -0.25) is 9.59 Å². The summed E-state index contributed by atoms with van der Waals surface area (Å²) in [6.45, 7) is 2.57. The van der Waals surface area contributed by atoms with Gasteiger partial charge in [0.25, 0.3) is 0 Å². The summed E-state index contributed by atoms with van der Waals surface area (Å²) in [5.41, 5.74) is 0.860. The van der Waals surface area contributed by atoms with Crippen molar-refractivity contribution in [2.75, 3.05) is 26.7 Å². The Morgan fingerprint density at radius 2 is 2.23 bits per heavy atom. The fourth-order valence-corrected chi connectivity index (χ4v) is 3.22. The van der Waals surface area contributed by atoms with Crippen molar-refractivity contribution in [2.24, 2.45) is 5.92 Å². The van der Waals surface area contributed by atoms with Crippen LogP contribution in [0.25, 0.3) is 0 Å². The monoisotopic (exact) mass is 324 g/mol. The number of amides is 2. The molecule has 1 fully saturated rings. The lowest BCUT2D eigenvalue weighted by molar-refractivity contribution is -0.136. The van der Waals surface area contributed by atoms with Gasteiger partial charge in [0.2, 0.25) is 11.8 Å². The molecule has 0 saturated carbocycles. The van der Waals surface area contributed by atoms with E-state index in [1.54, 1.807) is 29.0 Å². The zero-order chi connectivity index (χ0) is 16.3. The Morgan fingerprint density at radius 3 is 2.82 bits per heavy atom. The van der Waals surface area contributed by atoms with E-state index in [0.29, 0.717) is 11.6 Å². The first kappa shape index (κ1) is 16.8. The zero-order valence-corrected chi connectivity index (χ0v) is 13.6. The molecule has 0 spiro atoms. The van der Waals surface area contributed by atoms with Gasteiger partial charge in [-0.1, -0.05) is 23.7 Å². The number of carbonyl (C=O) groups is 2. The number of nitrogens with zero attached hydrogens (tertiary/aromatic N) is 2. The van der Waals surface area contributed by atoms with Gasteiger partial charge in [-0.2, -0.15) is 0 Å². The normalized spacial score (nSPS) is 21.3. The van der Waals surface area contributed by atoms with E-state index in [1.165, 1.54) is 0 Å². The first-order chi connectivity index (χ1) is 10.5. The first-order valence-corrected chi connectivity index (χ1v) is 7.78. The standard InChI is InChI=1S/C16H21ClN2O3/c1-3-19(7-8-20)16(22)13-10-14(21)18(2)15(13)11-5-4-6-12(17)9-11/h4-6,9,13,15,20H,3,7-8,10H2,1-2H3. The molecule has 1 aromatic carbocycles. The molecule has 2 atom stereocenters. The summed E-state index contributed by atoms with van der Waals surface area (Å²) < 4.78 is 0. The minimum atomic E-state index is -0.442. The molecule has 0 aromatic heterocycles. The number of aliphatic hydroxyl groups excluding tert-OH is 1. The number of hydrogen-bond acceptors (Lipinski definition) is 3. The van der Waals surface area contributed by atoms with Crippen molar-refractivity contribution in [1.29, 1.82) is 0 Å². The Labute approximate surface area is 135 Å². The van der Waals surface area contributed by atoms with Gasteiger partial charge in [0.05, 0.1) is 18.6 Å². The highest BCUT2D eigenvalue weighted by atomic mass is 35.5. The van der Waals surface area contributed by atoms with E-state index in [0.717, 1.165) is 5.56 Å². The van der Waals surface area contributed by atoms with Crippen molar-refractivity contribution in [2.45, 2.75) is 19.4 Å². The van der Waals surface area contributed by atoms with Crippen LogP contribution in [0.1, 0.15) is 24.9 Å². The summed E-state index contributed by atoms with van der Waals surface area (Å²) in [5, 5.41) is 9.68. The van der Waals surface area contributed by atoms with Gasteiger partial charge in [-0.15, -0.1) is 0 Å². The number of benzene rings is 1. The molecule has 6 heteroatoms. The Morgan fingerprint density at radius 1 is 1.50 bits per heavy atom. The number of likely N-dealkylation sites (tertiary alicyclic amines) is 1. The summed E-state index contributed by atoms with van der Waals surface area (Å²) in [6.07, 6.45) is 0.189. The maximum absolute atomic E-state index is 12.7. The molecular weight excluding hydrogens is 304 g/mol. The largest absolute Gasteiger partial charge is 0.395 e. The maximum atomic E-state index is 12.7. The molecule has 120 valence electrons. The molecule has 1 saturated heterocycles. The van der Waals surface area contributed by atoms with E-state index in [2.05, 4.69) is 0 Å². The molecular formula is C16H21ClN2O3. The van der Waals surface area contributed by atoms with Crippen LogP contribution in [-0.4, -0.2) is 53.5 Å². The zero-order valence-electron chi connectivity index (χ0n) is 12.8. The molecule has 1 aliphatic heterocycles. The van der Waals surface area contributed by atoms with E-state index in [1.807, 2.05) is 19.1 Å². The lowest BCUT2D eigenvalue weighted by Gasteiger charge is -2.29. The van der Waals surface area contributed by atoms with Crippen LogP contribution < -0.4 is 0 Å². The Balaban J connectivity index is 2.32. The van der Waals surface area contributed by atoms with Crippen LogP contribution in [0.5, 0.6) is 0 Å². The topological polar surface area (TPSA) is 60.9 Å². The third-order valence-electron chi connectivity index (χ3n) is 4.16. The van der Waals surface area contributed by atoms with Gasteiger partial charge >= 0.3 is 0 Å².